The van der Waals surface area contributed by atoms with E-state index >= 15 is 0 Å². The average molecular weight is 632 g/mol. The molecule has 2 aliphatic rings. The van der Waals surface area contributed by atoms with Gasteiger partial charge in [-0.05, 0) is 101 Å². The number of pyridine rings is 2. The molecule has 3 aromatic heterocycles. The first-order valence-corrected chi connectivity index (χ1v) is 16.7. The van der Waals surface area contributed by atoms with Gasteiger partial charge in [0.05, 0.1) is 11.0 Å². The summed E-state index contributed by atoms with van der Waals surface area (Å²) in [6, 6.07) is 17.1. The van der Waals surface area contributed by atoms with E-state index < -0.39 is 0 Å². The van der Waals surface area contributed by atoms with Gasteiger partial charge >= 0.3 is 0 Å². The van der Waals surface area contributed by atoms with Crippen LogP contribution in [-0.4, -0.2) is 90.2 Å². The van der Waals surface area contributed by atoms with Gasteiger partial charge in [0.2, 0.25) is 17.8 Å². The Morgan fingerprint density at radius 2 is 1.19 bits per heavy atom. The van der Waals surface area contributed by atoms with Gasteiger partial charge < -0.3 is 30.2 Å². The fourth-order valence-electron chi connectivity index (χ4n) is 6.98. The number of benzene rings is 2. The van der Waals surface area contributed by atoms with Gasteiger partial charge in [0, 0.05) is 92.2 Å². The maximum absolute atomic E-state index is 5.02. The first kappa shape index (κ1) is 30.9. The van der Waals surface area contributed by atoms with Crippen LogP contribution in [0.15, 0.2) is 48.5 Å². The van der Waals surface area contributed by atoms with Gasteiger partial charge in [0.25, 0.3) is 0 Å². The Balaban J connectivity index is 1.26. The van der Waals surface area contributed by atoms with Crippen molar-refractivity contribution in [2.45, 2.75) is 45.6 Å². The van der Waals surface area contributed by atoms with E-state index in [0.717, 1.165) is 81.9 Å². The largest absolute Gasteiger partial charge is 0.377 e. The summed E-state index contributed by atoms with van der Waals surface area (Å²) in [6.07, 6.45) is 4.84. The smallest absolute Gasteiger partial charge is 0.233 e. The molecule has 2 fully saturated rings. The number of fused-ring (bicyclic) bond motifs is 2. The molecule has 244 valence electrons. The van der Waals surface area contributed by atoms with Crippen LogP contribution in [0.1, 0.15) is 37.1 Å². The summed E-state index contributed by atoms with van der Waals surface area (Å²) in [6.45, 7) is 8.40. The lowest BCUT2D eigenvalue weighted by Crippen LogP contribution is -2.40. The number of nitrogens with zero attached hydrogens (tertiary/aromatic N) is 9. The summed E-state index contributed by atoms with van der Waals surface area (Å²) in [7, 11) is 8.24. The van der Waals surface area contributed by atoms with Crippen LogP contribution >= 0.6 is 0 Å². The molecule has 2 aliphatic heterocycles. The molecule has 0 unspecified atom stereocenters. The minimum atomic E-state index is 0.381. The van der Waals surface area contributed by atoms with E-state index in [2.05, 4.69) is 94.8 Å². The number of anilines is 7. The van der Waals surface area contributed by atoms with Crippen LogP contribution in [0, 0.1) is 13.8 Å². The molecular weight excluding hydrogens is 586 g/mol. The maximum atomic E-state index is 5.02. The zero-order valence-corrected chi connectivity index (χ0v) is 28.4. The zero-order chi connectivity index (χ0) is 32.7. The molecule has 11 nitrogen and oxygen atoms in total. The van der Waals surface area contributed by atoms with Crippen LogP contribution in [-0.2, 0) is 0 Å². The van der Waals surface area contributed by atoms with E-state index in [1.165, 1.54) is 25.9 Å². The fraction of sp³-hybridized carbons (Fsp3) is 0.417. The van der Waals surface area contributed by atoms with E-state index in [9.17, 15) is 0 Å². The Hall–Kier alpha value is -4.77. The molecule has 5 heterocycles. The van der Waals surface area contributed by atoms with E-state index in [1.807, 2.05) is 26.0 Å². The number of rotatable bonds is 9. The van der Waals surface area contributed by atoms with E-state index in [0.29, 0.717) is 23.9 Å². The molecule has 0 amide bonds. The highest BCUT2D eigenvalue weighted by molar-refractivity contribution is 5.95. The van der Waals surface area contributed by atoms with Crippen LogP contribution in [0.3, 0.4) is 0 Å². The van der Waals surface area contributed by atoms with Gasteiger partial charge in [-0.1, -0.05) is 0 Å². The van der Waals surface area contributed by atoms with Crippen molar-refractivity contribution in [2.24, 2.45) is 0 Å². The molecule has 5 aromatic rings. The molecule has 0 aliphatic carbocycles. The Kier molecular flexibility index (Phi) is 8.40. The second-order valence-corrected chi connectivity index (χ2v) is 13.3. The first-order chi connectivity index (χ1) is 22.7. The lowest BCUT2D eigenvalue weighted by atomic mass is 10.1. The third kappa shape index (κ3) is 6.58. The van der Waals surface area contributed by atoms with Crippen molar-refractivity contribution in [1.29, 1.82) is 0 Å². The zero-order valence-electron chi connectivity index (χ0n) is 28.4. The SMILES string of the molecule is Cc1cc(N(C)C)c2cc(Nc3nc(Nc4ccc5nc(C)cc(N(C)C)c5c4)nc(N4CCC[C@H]4CN4CCCC4)n3)ccc2n1. The van der Waals surface area contributed by atoms with Crippen molar-refractivity contribution in [3.05, 3.63) is 59.9 Å². The summed E-state index contributed by atoms with van der Waals surface area (Å²) >= 11 is 0. The number of hydrogen-bond acceptors (Lipinski definition) is 11. The number of hydrogen-bond donors (Lipinski definition) is 2. The average Bonchev–Trinajstić information content (AvgIpc) is 3.73. The van der Waals surface area contributed by atoms with Crippen LogP contribution < -0.4 is 25.3 Å². The van der Waals surface area contributed by atoms with Crippen molar-refractivity contribution in [2.75, 3.05) is 79.7 Å². The summed E-state index contributed by atoms with van der Waals surface area (Å²) in [4.78, 5) is 33.7. The number of likely N-dealkylation sites (tertiary alicyclic amines) is 1. The van der Waals surface area contributed by atoms with Crippen LogP contribution in [0.25, 0.3) is 21.8 Å². The Labute approximate surface area is 277 Å². The lowest BCUT2D eigenvalue weighted by molar-refractivity contribution is 0.313. The van der Waals surface area contributed by atoms with Gasteiger partial charge in [-0.3, -0.25) is 9.97 Å². The lowest BCUT2D eigenvalue weighted by Gasteiger charge is -2.28. The standard InChI is InChI=1S/C36H45N11/c1-23-18-32(44(3)4)28-20-25(11-13-30(28)37-23)39-34-41-35(40-26-12-14-31-29(21-26)33(45(5)6)19-24(2)38-31)43-36(42-34)47-17-9-10-27(47)22-46-15-7-8-16-46/h11-14,18-21,27H,7-10,15-17,22H2,1-6H3,(H2,39,40,41,42,43)/t27-/m0/s1. The monoisotopic (exact) mass is 631 g/mol. The topological polar surface area (TPSA) is 101 Å². The third-order valence-corrected chi connectivity index (χ3v) is 9.23. The third-order valence-electron chi connectivity index (χ3n) is 9.23. The molecule has 2 aromatic carbocycles. The molecule has 0 bridgehead atoms. The summed E-state index contributed by atoms with van der Waals surface area (Å²) in [5, 5.41) is 9.16. The Morgan fingerprint density at radius 3 is 1.70 bits per heavy atom. The highest BCUT2D eigenvalue weighted by Crippen LogP contribution is 2.32. The van der Waals surface area contributed by atoms with Crippen LogP contribution in [0.5, 0.6) is 0 Å². The normalized spacial score (nSPS) is 16.7. The molecule has 7 rings (SSSR count). The van der Waals surface area contributed by atoms with Crippen molar-refractivity contribution >= 4 is 62.4 Å². The van der Waals surface area contributed by atoms with Gasteiger partial charge in [-0.2, -0.15) is 15.0 Å². The number of nitrogens with one attached hydrogen (secondary N) is 2. The molecule has 2 N–H and O–H groups in total. The molecular formula is C36H45N11. The molecule has 2 saturated heterocycles. The summed E-state index contributed by atoms with van der Waals surface area (Å²) in [5.41, 5.74) is 7.93. The van der Waals surface area contributed by atoms with Crippen LogP contribution in [0.2, 0.25) is 0 Å². The van der Waals surface area contributed by atoms with Crippen LogP contribution in [0.4, 0.5) is 40.6 Å². The fourth-order valence-corrected chi connectivity index (χ4v) is 6.98. The molecule has 11 heteroatoms. The Bertz CT molecular complexity index is 1800. The van der Waals surface area contributed by atoms with Gasteiger partial charge in [0.15, 0.2) is 0 Å². The molecule has 0 saturated carbocycles. The highest BCUT2D eigenvalue weighted by Gasteiger charge is 2.30. The predicted molar refractivity (Wildman–Crippen MR) is 194 cm³/mol. The maximum Gasteiger partial charge on any atom is 0.233 e. The molecule has 0 spiro atoms. The van der Waals surface area contributed by atoms with Crippen molar-refractivity contribution < 1.29 is 0 Å². The molecule has 0 radical (unpaired) electrons. The molecule has 1 atom stereocenters. The van der Waals surface area contributed by atoms with Crippen molar-refractivity contribution in [3.63, 3.8) is 0 Å². The highest BCUT2D eigenvalue weighted by atomic mass is 15.4. The van der Waals surface area contributed by atoms with Gasteiger partial charge in [-0.25, -0.2) is 0 Å². The van der Waals surface area contributed by atoms with Crippen molar-refractivity contribution in [1.82, 2.24) is 29.8 Å². The number of aromatic nitrogens is 5. The summed E-state index contributed by atoms with van der Waals surface area (Å²) in [5.74, 6) is 1.70. The van der Waals surface area contributed by atoms with E-state index in [-0.39, 0.29) is 0 Å². The number of aryl methyl sites for hydroxylation is 2. The van der Waals surface area contributed by atoms with E-state index in [1.54, 1.807) is 0 Å². The molecule has 47 heavy (non-hydrogen) atoms. The second kappa shape index (κ2) is 12.8. The Morgan fingerprint density at radius 1 is 0.660 bits per heavy atom. The van der Waals surface area contributed by atoms with Crippen molar-refractivity contribution in [3.8, 4) is 0 Å². The second-order valence-electron chi connectivity index (χ2n) is 13.3. The van der Waals surface area contributed by atoms with E-state index in [4.69, 9.17) is 24.9 Å². The van der Waals surface area contributed by atoms with Gasteiger partial charge in [0.1, 0.15) is 0 Å². The predicted octanol–water partition coefficient (Wildman–Crippen LogP) is 6.27. The first-order valence-electron chi connectivity index (χ1n) is 16.7. The summed E-state index contributed by atoms with van der Waals surface area (Å²) < 4.78 is 0. The van der Waals surface area contributed by atoms with Gasteiger partial charge in [-0.15, -0.1) is 0 Å². The quantitative estimate of drug-likeness (QED) is 0.193. The minimum Gasteiger partial charge on any atom is -0.377 e. The minimum absolute atomic E-state index is 0.381.